The van der Waals surface area contributed by atoms with E-state index in [0.717, 1.165) is 23.8 Å². The largest absolute Gasteiger partial charge is 0.429 e. The van der Waals surface area contributed by atoms with E-state index >= 15 is 0 Å². The Hall–Kier alpha value is -3.01. The second kappa shape index (κ2) is 8.99. The molecule has 1 nitrogen and oxygen atoms in total. The number of fused-ring (bicyclic) bond motifs is 1. The van der Waals surface area contributed by atoms with Crippen LogP contribution in [0.5, 0.6) is 5.75 Å². The number of benzene rings is 3. The van der Waals surface area contributed by atoms with Gasteiger partial charge >= 0.3 is 6.11 Å². The summed E-state index contributed by atoms with van der Waals surface area (Å²) in [7, 11) is 0. The Balaban J connectivity index is 1.80. The monoisotopic (exact) mass is 396 g/mol. The van der Waals surface area contributed by atoms with Crippen LogP contribution in [0.25, 0.3) is 10.8 Å². The van der Waals surface area contributed by atoms with Gasteiger partial charge in [0.2, 0.25) is 0 Å². The molecule has 3 rings (SSSR count). The lowest BCUT2D eigenvalue weighted by molar-refractivity contribution is -0.185. The Morgan fingerprint density at radius 1 is 0.828 bits per heavy atom. The SMILES string of the molecule is C=CCCc1ccc(C(F)(F)Oc2ccc3cc(CCC=C)c(F)cc3c2)cc1. The van der Waals surface area contributed by atoms with Crippen molar-refractivity contribution in [3.8, 4) is 5.75 Å². The number of halogens is 3. The van der Waals surface area contributed by atoms with Gasteiger partial charge in [0.1, 0.15) is 11.6 Å². The van der Waals surface area contributed by atoms with Crippen LogP contribution in [0.1, 0.15) is 29.5 Å². The lowest BCUT2D eigenvalue weighted by atomic mass is 10.0. The average Bonchev–Trinajstić information content (AvgIpc) is 2.70. The maximum absolute atomic E-state index is 14.6. The van der Waals surface area contributed by atoms with Crippen LogP contribution in [0.3, 0.4) is 0 Å². The van der Waals surface area contributed by atoms with E-state index in [0.29, 0.717) is 23.8 Å². The molecule has 0 unspecified atom stereocenters. The first kappa shape index (κ1) is 20.7. The molecule has 0 saturated carbocycles. The van der Waals surface area contributed by atoms with Gasteiger partial charge in [-0.15, -0.1) is 13.2 Å². The molecule has 0 spiro atoms. The number of ether oxygens (including phenoxy) is 1. The normalized spacial score (nSPS) is 11.4. The summed E-state index contributed by atoms with van der Waals surface area (Å²) in [5, 5.41) is 1.28. The Labute approximate surface area is 169 Å². The lowest BCUT2D eigenvalue weighted by Crippen LogP contribution is -2.21. The molecule has 29 heavy (non-hydrogen) atoms. The van der Waals surface area contributed by atoms with Crippen LogP contribution < -0.4 is 4.74 Å². The zero-order valence-electron chi connectivity index (χ0n) is 16.1. The van der Waals surface area contributed by atoms with Gasteiger partial charge in [-0.25, -0.2) is 4.39 Å². The van der Waals surface area contributed by atoms with Crippen LogP contribution in [0.4, 0.5) is 13.2 Å². The summed E-state index contributed by atoms with van der Waals surface area (Å²) in [5.74, 6) is -0.380. The smallest absolute Gasteiger partial charge is 0.426 e. The molecule has 150 valence electrons. The summed E-state index contributed by atoms with van der Waals surface area (Å²) < 4.78 is 48.4. The lowest BCUT2D eigenvalue weighted by Gasteiger charge is -2.19. The van der Waals surface area contributed by atoms with Crippen molar-refractivity contribution in [1.29, 1.82) is 0 Å². The zero-order chi connectivity index (χ0) is 20.9. The molecule has 0 heterocycles. The summed E-state index contributed by atoms with van der Waals surface area (Å²) >= 11 is 0. The second-order valence-electron chi connectivity index (χ2n) is 6.92. The van der Waals surface area contributed by atoms with Crippen molar-refractivity contribution in [3.63, 3.8) is 0 Å². The highest BCUT2D eigenvalue weighted by molar-refractivity contribution is 5.84. The standard InChI is InChI=1S/C25H23F3O/c1-3-5-7-18-9-12-22(13-10-18)25(27,28)29-23-14-11-19-15-20(8-6-4-2)24(26)17-21(19)16-23/h3-4,9-17H,1-2,5-8H2. The van der Waals surface area contributed by atoms with Gasteiger partial charge in [0, 0.05) is 0 Å². The van der Waals surface area contributed by atoms with Gasteiger partial charge in [-0.3, -0.25) is 0 Å². The molecule has 0 aliphatic rings. The van der Waals surface area contributed by atoms with Crippen LogP contribution in [0, 0.1) is 5.82 Å². The predicted octanol–water partition coefficient (Wildman–Crippen LogP) is 7.34. The maximum Gasteiger partial charge on any atom is 0.426 e. The predicted molar refractivity (Wildman–Crippen MR) is 112 cm³/mol. The molecule has 0 aliphatic heterocycles. The van der Waals surface area contributed by atoms with E-state index in [4.69, 9.17) is 4.74 Å². The van der Waals surface area contributed by atoms with Gasteiger partial charge in [-0.2, -0.15) is 8.78 Å². The number of alkyl halides is 2. The fraction of sp³-hybridized carbons (Fsp3) is 0.200. The van der Waals surface area contributed by atoms with E-state index < -0.39 is 6.11 Å². The van der Waals surface area contributed by atoms with Crippen molar-refractivity contribution >= 4 is 10.8 Å². The number of rotatable bonds is 9. The van der Waals surface area contributed by atoms with Crippen molar-refractivity contribution in [2.45, 2.75) is 31.8 Å². The molecule has 0 atom stereocenters. The van der Waals surface area contributed by atoms with E-state index in [1.807, 2.05) is 0 Å². The fourth-order valence-electron chi connectivity index (χ4n) is 3.15. The minimum absolute atomic E-state index is 0.0172. The molecular formula is C25H23F3O. The first-order valence-electron chi connectivity index (χ1n) is 9.53. The van der Waals surface area contributed by atoms with Crippen LogP contribution in [-0.4, -0.2) is 0 Å². The number of aryl methyl sites for hydroxylation is 2. The second-order valence-corrected chi connectivity index (χ2v) is 6.92. The molecule has 3 aromatic carbocycles. The number of hydrogen-bond donors (Lipinski definition) is 0. The summed E-state index contributed by atoms with van der Waals surface area (Å²) in [6.07, 6.45) is 2.78. The van der Waals surface area contributed by atoms with Gasteiger partial charge in [-0.05, 0) is 84.0 Å². The molecule has 0 saturated heterocycles. The first-order valence-corrected chi connectivity index (χ1v) is 9.53. The highest BCUT2D eigenvalue weighted by Crippen LogP contribution is 2.33. The summed E-state index contributed by atoms with van der Waals surface area (Å²) in [5.41, 5.74) is 1.30. The summed E-state index contributed by atoms with van der Waals surface area (Å²) in [6.45, 7) is 7.30. The van der Waals surface area contributed by atoms with Crippen molar-refractivity contribution in [3.05, 3.63) is 102 Å². The summed E-state index contributed by atoms with van der Waals surface area (Å²) in [4.78, 5) is 0. The van der Waals surface area contributed by atoms with E-state index in [-0.39, 0.29) is 17.1 Å². The number of hydrogen-bond acceptors (Lipinski definition) is 1. The third-order valence-electron chi connectivity index (χ3n) is 4.77. The van der Waals surface area contributed by atoms with Gasteiger partial charge in [0.05, 0.1) is 5.56 Å². The maximum atomic E-state index is 14.6. The zero-order valence-corrected chi connectivity index (χ0v) is 16.1. The minimum Gasteiger partial charge on any atom is -0.429 e. The van der Waals surface area contributed by atoms with Gasteiger partial charge < -0.3 is 4.74 Å². The molecule has 3 aromatic rings. The molecule has 0 aromatic heterocycles. The topological polar surface area (TPSA) is 9.23 Å². The Morgan fingerprint density at radius 2 is 1.52 bits per heavy atom. The van der Waals surface area contributed by atoms with Crippen molar-refractivity contribution < 1.29 is 17.9 Å². The van der Waals surface area contributed by atoms with Crippen molar-refractivity contribution in [1.82, 2.24) is 0 Å². The summed E-state index contributed by atoms with van der Waals surface area (Å²) in [6, 6.07) is 13.7. The average molecular weight is 396 g/mol. The molecule has 4 heteroatoms. The van der Waals surface area contributed by atoms with Gasteiger partial charge in [0.25, 0.3) is 0 Å². The third kappa shape index (κ3) is 5.08. The molecule has 0 bridgehead atoms. The Bertz CT molecular complexity index is 1010. The van der Waals surface area contributed by atoms with Gasteiger partial charge in [-0.1, -0.05) is 30.4 Å². The molecule has 0 N–H and O–H groups in total. The van der Waals surface area contributed by atoms with E-state index in [1.54, 1.807) is 36.4 Å². The van der Waals surface area contributed by atoms with E-state index in [1.165, 1.54) is 30.3 Å². The Kier molecular flexibility index (Phi) is 6.42. The van der Waals surface area contributed by atoms with Crippen LogP contribution in [0.2, 0.25) is 0 Å². The molecule has 0 amide bonds. The van der Waals surface area contributed by atoms with E-state index in [2.05, 4.69) is 13.2 Å². The first-order chi connectivity index (χ1) is 13.9. The molecule has 0 radical (unpaired) electrons. The van der Waals surface area contributed by atoms with Crippen LogP contribution in [-0.2, 0) is 19.0 Å². The molecule has 0 fully saturated rings. The Morgan fingerprint density at radius 3 is 2.21 bits per heavy atom. The number of allylic oxidation sites excluding steroid dienone is 2. The minimum atomic E-state index is -3.49. The third-order valence-corrected chi connectivity index (χ3v) is 4.77. The van der Waals surface area contributed by atoms with Crippen LogP contribution >= 0.6 is 0 Å². The highest BCUT2D eigenvalue weighted by atomic mass is 19.3. The molecule has 0 aliphatic carbocycles. The van der Waals surface area contributed by atoms with Crippen LogP contribution in [0.15, 0.2) is 79.9 Å². The quantitative estimate of drug-likeness (QED) is 0.344. The highest BCUT2D eigenvalue weighted by Gasteiger charge is 2.34. The van der Waals surface area contributed by atoms with Crippen molar-refractivity contribution in [2.24, 2.45) is 0 Å². The van der Waals surface area contributed by atoms with Crippen molar-refractivity contribution in [2.75, 3.05) is 0 Å². The molecular weight excluding hydrogens is 373 g/mol. The fourth-order valence-corrected chi connectivity index (χ4v) is 3.15. The van der Waals surface area contributed by atoms with Gasteiger partial charge in [0.15, 0.2) is 0 Å². The van der Waals surface area contributed by atoms with E-state index in [9.17, 15) is 13.2 Å².